The third-order valence-corrected chi connectivity index (χ3v) is 3.50. The molecule has 19 heavy (non-hydrogen) atoms. The number of ether oxygens (including phenoxy) is 1. The summed E-state index contributed by atoms with van der Waals surface area (Å²) in [4.78, 5) is 7.01. The molecule has 106 valence electrons. The second-order valence-electron chi connectivity index (χ2n) is 5.05. The third-order valence-electron chi connectivity index (χ3n) is 3.50. The zero-order valence-electron chi connectivity index (χ0n) is 12.1. The quantitative estimate of drug-likeness (QED) is 0.856. The van der Waals surface area contributed by atoms with E-state index in [1.807, 2.05) is 25.1 Å². The minimum atomic E-state index is 0.539. The first-order valence-electron chi connectivity index (χ1n) is 7.40. The van der Waals surface area contributed by atoms with Crippen LogP contribution < -0.4 is 10.1 Å². The number of pyridine rings is 1. The van der Waals surface area contributed by atoms with Gasteiger partial charge in [0.05, 0.1) is 6.61 Å². The summed E-state index contributed by atoms with van der Waals surface area (Å²) in [5.41, 5.74) is 0. The van der Waals surface area contributed by atoms with Crippen molar-refractivity contribution in [2.24, 2.45) is 0 Å². The number of aromatic nitrogens is 1. The van der Waals surface area contributed by atoms with Gasteiger partial charge in [0.25, 0.3) is 0 Å². The fourth-order valence-electron chi connectivity index (χ4n) is 2.55. The van der Waals surface area contributed by atoms with Gasteiger partial charge in [0.15, 0.2) is 0 Å². The predicted molar refractivity (Wildman–Crippen MR) is 78.8 cm³/mol. The van der Waals surface area contributed by atoms with E-state index in [1.165, 1.54) is 38.9 Å². The molecule has 0 amide bonds. The molecule has 0 radical (unpaired) electrons. The van der Waals surface area contributed by atoms with Gasteiger partial charge in [0.2, 0.25) is 5.88 Å². The highest BCUT2D eigenvalue weighted by molar-refractivity contribution is 5.38. The van der Waals surface area contributed by atoms with Crippen LogP contribution in [0, 0.1) is 0 Å². The molecule has 0 saturated carbocycles. The fraction of sp³-hybridized carbons (Fsp3) is 0.667. The minimum absolute atomic E-state index is 0.539. The van der Waals surface area contributed by atoms with E-state index in [4.69, 9.17) is 4.74 Å². The van der Waals surface area contributed by atoms with E-state index in [2.05, 4.69) is 22.1 Å². The van der Waals surface area contributed by atoms with Gasteiger partial charge in [-0.05, 0) is 38.8 Å². The van der Waals surface area contributed by atoms with Crippen LogP contribution in [0.15, 0.2) is 18.2 Å². The Hall–Kier alpha value is -1.29. The van der Waals surface area contributed by atoms with Crippen molar-refractivity contribution in [3.8, 4) is 5.88 Å². The molecule has 0 bridgehead atoms. The van der Waals surface area contributed by atoms with E-state index in [-0.39, 0.29) is 0 Å². The van der Waals surface area contributed by atoms with Gasteiger partial charge in [-0.15, -0.1) is 0 Å². The molecule has 1 fully saturated rings. The molecule has 0 aliphatic carbocycles. The van der Waals surface area contributed by atoms with Crippen LogP contribution in [0.2, 0.25) is 0 Å². The van der Waals surface area contributed by atoms with Crippen molar-refractivity contribution in [1.29, 1.82) is 0 Å². The van der Waals surface area contributed by atoms with Crippen LogP contribution in [-0.4, -0.2) is 42.2 Å². The van der Waals surface area contributed by atoms with E-state index in [0.717, 1.165) is 5.82 Å². The standard InChI is InChI=1S/C15H25N3O/c1-3-10-18-11-8-13(9-12-18)16-14-6-5-7-15(17-14)19-4-2/h5-7,13H,3-4,8-12H2,1-2H3,(H,16,17). The zero-order chi connectivity index (χ0) is 13.5. The Balaban J connectivity index is 1.83. The molecule has 1 aromatic rings. The zero-order valence-corrected chi connectivity index (χ0v) is 12.1. The number of nitrogens with one attached hydrogen (secondary N) is 1. The van der Waals surface area contributed by atoms with E-state index < -0.39 is 0 Å². The largest absolute Gasteiger partial charge is 0.478 e. The smallest absolute Gasteiger partial charge is 0.215 e. The Kier molecular flexibility index (Phi) is 5.45. The predicted octanol–water partition coefficient (Wildman–Crippen LogP) is 2.77. The first-order valence-corrected chi connectivity index (χ1v) is 7.40. The molecule has 4 nitrogen and oxygen atoms in total. The Morgan fingerprint density at radius 1 is 1.32 bits per heavy atom. The Bertz CT molecular complexity index is 375. The molecule has 0 aromatic carbocycles. The minimum Gasteiger partial charge on any atom is -0.478 e. The fourth-order valence-corrected chi connectivity index (χ4v) is 2.55. The SMILES string of the molecule is CCCN1CCC(Nc2cccc(OCC)n2)CC1. The maximum atomic E-state index is 5.43. The first kappa shape index (κ1) is 14.1. The Morgan fingerprint density at radius 3 is 2.79 bits per heavy atom. The van der Waals surface area contributed by atoms with Gasteiger partial charge in [-0.25, -0.2) is 0 Å². The molecule has 0 spiro atoms. The second-order valence-corrected chi connectivity index (χ2v) is 5.05. The summed E-state index contributed by atoms with van der Waals surface area (Å²) in [5.74, 6) is 1.64. The summed E-state index contributed by atoms with van der Waals surface area (Å²) in [7, 11) is 0. The molecular weight excluding hydrogens is 238 g/mol. The van der Waals surface area contributed by atoms with Gasteiger partial charge < -0.3 is 15.0 Å². The average molecular weight is 263 g/mol. The summed E-state index contributed by atoms with van der Waals surface area (Å²) < 4.78 is 5.43. The molecule has 1 saturated heterocycles. The first-order chi connectivity index (χ1) is 9.31. The Morgan fingerprint density at radius 2 is 2.11 bits per heavy atom. The highest BCUT2D eigenvalue weighted by Crippen LogP contribution is 2.17. The van der Waals surface area contributed by atoms with Crippen LogP contribution in [0.4, 0.5) is 5.82 Å². The van der Waals surface area contributed by atoms with E-state index in [1.54, 1.807) is 0 Å². The third kappa shape index (κ3) is 4.39. The summed E-state index contributed by atoms with van der Waals surface area (Å²) in [6.45, 7) is 8.49. The highest BCUT2D eigenvalue weighted by Gasteiger charge is 2.18. The van der Waals surface area contributed by atoms with Crippen molar-refractivity contribution in [3.63, 3.8) is 0 Å². The molecular formula is C15H25N3O. The van der Waals surface area contributed by atoms with Crippen LogP contribution in [0.3, 0.4) is 0 Å². The molecule has 0 atom stereocenters. The van der Waals surface area contributed by atoms with Crippen LogP contribution >= 0.6 is 0 Å². The van der Waals surface area contributed by atoms with Gasteiger partial charge in [-0.2, -0.15) is 4.98 Å². The summed E-state index contributed by atoms with van der Waals surface area (Å²) in [6, 6.07) is 6.45. The molecule has 0 unspecified atom stereocenters. The summed E-state index contributed by atoms with van der Waals surface area (Å²) >= 11 is 0. The van der Waals surface area contributed by atoms with Crippen LogP contribution in [0.5, 0.6) is 5.88 Å². The van der Waals surface area contributed by atoms with Crippen molar-refractivity contribution < 1.29 is 4.74 Å². The number of rotatable bonds is 6. The number of hydrogen-bond acceptors (Lipinski definition) is 4. The number of hydrogen-bond donors (Lipinski definition) is 1. The van der Waals surface area contributed by atoms with E-state index in [9.17, 15) is 0 Å². The molecule has 4 heteroatoms. The van der Waals surface area contributed by atoms with Gasteiger partial charge in [0, 0.05) is 25.2 Å². The molecule has 2 rings (SSSR count). The lowest BCUT2D eigenvalue weighted by molar-refractivity contribution is 0.219. The maximum absolute atomic E-state index is 5.43. The summed E-state index contributed by atoms with van der Waals surface area (Å²) in [5, 5.41) is 3.52. The second kappa shape index (κ2) is 7.34. The van der Waals surface area contributed by atoms with E-state index >= 15 is 0 Å². The van der Waals surface area contributed by atoms with Gasteiger partial charge >= 0.3 is 0 Å². The lowest BCUT2D eigenvalue weighted by Gasteiger charge is -2.32. The van der Waals surface area contributed by atoms with Gasteiger partial charge in [0.1, 0.15) is 5.82 Å². The average Bonchev–Trinajstić information content (AvgIpc) is 2.42. The molecule has 2 heterocycles. The van der Waals surface area contributed by atoms with Crippen molar-refractivity contribution in [3.05, 3.63) is 18.2 Å². The van der Waals surface area contributed by atoms with Crippen molar-refractivity contribution >= 4 is 5.82 Å². The lowest BCUT2D eigenvalue weighted by Crippen LogP contribution is -2.39. The van der Waals surface area contributed by atoms with Crippen molar-refractivity contribution in [1.82, 2.24) is 9.88 Å². The topological polar surface area (TPSA) is 37.4 Å². The van der Waals surface area contributed by atoms with Gasteiger partial charge in [-0.3, -0.25) is 0 Å². The number of nitrogens with zero attached hydrogens (tertiary/aromatic N) is 2. The van der Waals surface area contributed by atoms with E-state index in [0.29, 0.717) is 18.5 Å². The molecule has 1 aromatic heterocycles. The maximum Gasteiger partial charge on any atom is 0.215 e. The van der Waals surface area contributed by atoms with Crippen LogP contribution in [-0.2, 0) is 0 Å². The molecule has 1 aliphatic heterocycles. The molecule has 1 N–H and O–H groups in total. The normalized spacial score (nSPS) is 17.4. The Labute approximate surface area is 116 Å². The van der Waals surface area contributed by atoms with Crippen molar-refractivity contribution in [2.45, 2.75) is 39.2 Å². The number of likely N-dealkylation sites (tertiary alicyclic amines) is 1. The lowest BCUT2D eigenvalue weighted by atomic mass is 10.0. The van der Waals surface area contributed by atoms with Crippen LogP contribution in [0.25, 0.3) is 0 Å². The number of piperidine rings is 1. The highest BCUT2D eigenvalue weighted by atomic mass is 16.5. The molecule has 1 aliphatic rings. The van der Waals surface area contributed by atoms with Gasteiger partial charge in [-0.1, -0.05) is 13.0 Å². The number of anilines is 1. The monoisotopic (exact) mass is 263 g/mol. The van der Waals surface area contributed by atoms with Crippen molar-refractivity contribution in [2.75, 3.05) is 31.6 Å². The van der Waals surface area contributed by atoms with Crippen LogP contribution in [0.1, 0.15) is 33.1 Å². The summed E-state index contributed by atoms with van der Waals surface area (Å²) in [6.07, 6.45) is 3.64.